The molecule has 0 radical (unpaired) electrons. The standard InChI is InChI=1S/C32H28F3N11O2/c1-43-13-20(48-2)14-44-16-39-25-9-18(34)7-21(28(25)44)24-5-6-36-32(42-24)41-19-10-27(31(43)47)45(12-19)29-22-11-40-46(30(22)38-15-37-29)26-4-3-17(33)8-23(26)35/h3-9,11,15-16,19-20,27H,10,12-14H2,1-2H3,(H,36,41,42)/t19-,20-,27-/m0/s1. The number of amides is 1. The predicted octanol–water partition coefficient (Wildman–Crippen LogP) is 3.59. The highest BCUT2D eigenvalue weighted by Crippen LogP contribution is 2.34. The third-order valence-corrected chi connectivity index (χ3v) is 8.87. The molecule has 0 aliphatic carbocycles. The number of nitrogens with one attached hydrogen (secondary N) is 1. The molecule has 1 saturated heterocycles. The molecule has 0 spiro atoms. The van der Waals surface area contributed by atoms with Gasteiger partial charge >= 0.3 is 0 Å². The van der Waals surface area contributed by atoms with Crippen LogP contribution in [0.15, 0.2) is 61.4 Å². The van der Waals surface area contributed by atoms with E-state index >= 15 is 0 Å². The summed E-state index contributed by atoms with van der Waals surface area (Å²) in [6.07, 6.45) is 5.99. The number of halogens is 3. The normalized spacial score (nSPS) is 19.9. The number of rotatable bonds is 3. The van der Waals surface area contributed by atoms with Crippen LogP contribution in [0.2, 0.25) is 0 Å². The van der Waals surface area contributed by atoms with Crippen LogP contribution in [-0.4, -0.2) is 95.5 Å². The molecule has 6 aromatic rings. The number of aromatic nitrogens is 8. The van der Waals surface area contributed by atoms with Crippen molar-refractivity contribution in [1.29, 1.82) is 0 Å². The van der Waals surface area contributed by atoms with Crippen LogP contribution in [0, 0.1) is 17.5 Å². The molecule has 13 nitrogen and oxygen atoms in total. The number of likely N-dealkylation sites (N-methyl/N-ethyl adjacent to an activating group) is 1. The number of imidazole rings is 1. The number of anilines is 2. The molecule has 8 rings (SSSR count). The molecular weight excluding hydrogens is 627 g/mol. The molecule has 3 atom stereocenters. The number of benzene rings is 2. The Morgan fingerprint density at radius 2 is 1.85 bits per heavy atom. The highest BCUT2D eigenvalue weighted by molar-refractivity contribution is 5.93. The highest BCUT2D eigenvalue weighted by Gasteiger charge is 2.41. The van der Waals surface area contributed by atoms with Gasteiger partial charge in [-0.1, -0.05) is 0 Å². The smallest absolute Gasteiger partial charge is 0.245 e. The van der Waals surface area contributed by atoms with Crippen LogP contribution in [0.3, 0.4) is 0 Å². The van der Waals surface area contributed by atoms with E-state index in [-0.39, 0.29) is 29.8 Å². The Morgan fingerprint density at radius 1 is 0.979 bits per heavy atom. The predicted molar refractivity (Wildman–Crippen MR) is 169 cm³/mol. The summed E-state index contributed by atoms with van der Waals surface area (Å²) in [5, 5.41) is 8.19. The second kappa shape index (κ2) is 11.6. The number of fused-ring (bicyclic) bond motifs is 6. The van der Waals surface area contributed by atoms with Crippen molar-refractivity contribution in [3.63, 3.8) is 0 Å². The maximum Gasteiger partial charge on any atom is 0.245 e. The molecule has 6 heterocycles. The summed E-state index contributed by atoms with van der Waals surface area (Å²) >= 11 is 0. The molecule has 0 saturated carbocycles. The molecule has 1 amide bonds. The van der Waals surface area contributed by atoms with Gasteiger partial charge in [0, 0.05) is 57.2 Å². The highest BCUT2D eigenvalue weighted by atomic mass is 19.1. The van der Waals surface area contributed by atoms with Gasteiger partial charge in [-0.2, -0.15) is 5.10 Å². The Balaban J connectivity index is 1.22. The molecule has 0 unspecified atom stereocenters. The second-order valence-electron chi connectivity index (χ2n) is 11.9. The van der Waals surface area contributed by atoms with Crippen molar-refractivity contribution in [3.05, 3.63) is 78.9 Å². The van der Waals surface area contributed by atoms with Gasteiger partial charge in [0.2, 0.25) is 11.9 Å². The number of hydrogen-bond acceptors (Lipinski definition) is 10. The Hall–Kier alpha value is -5.64. The average Bonchev–Trinajstić information content (AvgIpc) is 3.80. The van der Waals surface area contributed by atoms with Gasteiger partial charge in [-0.15, -0.1) is 0 Å². The quantitative estimate of drug-likeness (QED) is 0.302. The van der Waals surface area contributed by atoms with E-state index in [1.807, 2.05) is 9.47 Å². The fraction of sp³-hybridized carbons (Fsp3) is 0.281. The first-order valence-corrected chi connectivity index (χ1v) is 15.2. The lowest BCUT2D eigenvalue weighted by Gasteiger charge is -2.30. The summed E-state index contributed by atoms with van der Waals surface area (Å²) in [5.74, 6) is -1.40. The number of nitrogens with zero attached hydrogens (tertiary/aromatic N) is 10. The molecule has 4 aromatic heterocycles. The van der Waals surface area contributed by atoms with E-state index in [0.29, 0.717) is 59.0 Å². The van der Waals surface area contributed by atoms with E-state index in [4.69, 9.17) is 9.72 Å². The maximum atomic E-state index is 14.8. The third kappa shape index (κ3) is 5.04. The molecule has 2 aliphatic rings. The van der Waals surface area contributed by atoms with Crippen molar-refractivity contribution < 1.29 is 22.7 Å². The van der Waals surface area contributed by atoms with E-state index in [1.165, 1.54) is 35.4 Å². The Bertz CT molecular complexity index is 2210. The summed E-state index contributed by atoms with van der Waals surface area (Å²) in [5.41, 5.74) is 2.51. The van der Waals surface area contributed by atoms with Crippen molar-refractivity contribution in [3.8, 4) is 16.9 Å². The minimum atomic E-state index is -0.801. The summed E-state index contributed by atoms with van der Waals surface area (Å²) in [7, 11) is 3.30. The van der Waals surface area contributed by atoms with Gasteiger partial charge in [0.05, 0.1) is 47.3 Å². The number of carbonyl (C=O) groups is 1. The number of methoxy groups -OCH3 is 1. The van der Waals surface area contributed by atoms with Gasteiger partial charge in [-0.25, -0.2) is 42.8 Å². The first kappa shape index (κ1) is 29.7. The molecule has 48 heavy (non-hydrogen) atoms. The Labute approximate surface area is 271 Å². The van der Waals surface area contributed by atoms with Crippen LogP contribution in [0.25, 0.3) is 39.0 Å². The molecule has 244 valence electrons. The van der Waals surface area contributed by atoms with E-state index < -0.39 is 29.6 Å². The first-order chi connectivity index (χ1) is 23.3. The zero-order valence-electron chi connectivity index (χ0n) is 25.8. The monoisotopic (exact) mass is 655 g/mol. The van der Waals surface area contributed by atoms with Gasteiger partial charge in [-0.3, -0.25) is 4.79 Å². The van der Waals surface area contributed by atoms with Gasteiger partial charge in [-0.05, 0) is 30.7 Å². The van der Waals surface area contributed by atoms with Gasteiger partial charge in [0.15, 0.2) is 11.5 Å². The molecule has 2 aromatic carbocycles. The van der Waals surface area contributed by atoms with Gasteiger partial charge in [0.1, 0.15) is 35.5 Å². The van der Waals surface area contributed by atoms with Crippen LogP contribution < -0.4 is 10.2 Å². The van der Waals surface area contributed by atoms with Crippen LogP contribution in [0.5, 0.6) is 0 Å². The number of carbonyl (C=O) groups excluding carboxylic acids is 1. The second-order valence-corrected chi connectivity index (χ2v) is 11.9. The summed E-state index contributed by atoms with van der Waals surface area (Å²) in [4.78, 5) is 40.2. The SMILES string of the molecule is CO[C@H]1CN(C)C(=O)[C@@H]2C[C@@H](CN2c2ncnc3c2cnn3-c2ccc(F)cc2F)Nc2nccc(n2)-c2cc(F)cc3ncn(c23)C1. The van der Waals surface area contributed by atoms with Gasteiger partial charge < -0.3 is 24.4 Å². The zero-order chi connectivity index (χ0) is 33.1. The van der Waals surface area contributed by atoms with Crippen LogP contribution >= 0.6 is 0 Å². The fourth-order valence-corrected chi connectivity index (χ4v) is 6.64. The van der Waals surface area contributed by atoms with Crippen molar-refractivity contribution in [2.24, 2.45) is 0 Å². The molecule has 4 bridgehead atoms. The lowest BCUT2D eigenvalue weighted by Crippen LogP contribution is -2.47. The zero-order valence-corrected chi connectivity index (χ0v) is 25.8. The maximum absolute atomic E-state index is 14.8. The van der Waals surface area contributed by atoms with Crippen molar-refractivity contribution in [2.75, 3.05) is 37.5 Å². The lowest BCUT2D eigenvalue weighted by atomic mass is 10.1. The topological polar surface area (TPSA) is 132 Å². The van der Waals surface area contributed by atoms with Crippen molar-refractivity contribution in [1.82, 2.24) is 44.2 Å². The van der Waals surface area contributed by atoms with E-state index in [1.54, 1.807) is 37.6 Å². The fourth-order valence-electron chi connectivity index (χ4n) is 6.64. The summed E-state index contributed by atoms with van der Waals surface area (Å²) in [6.45, 7) is 0.912. The lowest BCUT2D eigenvalue weighted by molar-refractivity contribution is -0.132. The summed E-state index contributed by atoms with van der Waals surface area (Å²) < 4.78 is 52.2. The molecule has 2 aliphatic heterocycles. The minimum absolute atomic E-state index is 0.0186. The van der Waals surface area contributed by atoms with Crippen molar-refractivity contribution >= 4 is 39.7 Å². The Morgan fingerprint density at radius 3 is 2.69 bits per heavy atom. The minimum Gasteiger partial charge on any atom is -0.378 e. The number of ether oxygens (including phenoxy) is 1. The molecule has 1 fully saturated rings. The average molecular weight is 656 g/mol. The molecule has 16 heteroatoms. The van der Waals surface area contributed by atoms with E-state index in [0.717, 1.165) is 12.1 Å². The largest absolute Gasteiger partial charge is 0.378 e. The van der Waals surface area contributed by atoms with Gasteiger partial charge in [0.25, 0.3) is 0 Å². The molecule has 1 N–H and O–H groups in total. The van der Waals surface area contributed by atoms with E-state index in [9.17, 15) is 18.0 Å². The van der Waals surface area contributed by atoms with E-state index in [2.05, 4.69) is 30.4 Å². The van der Waals surface area contributed by atoms with Crippen LogP contribution in [-0.2, 0) is 16.1 Å². The molecular formula is C32H28F3N11O2. The van der Waals surface area contributed by atoms with Crippen LogP contribution in [0.4, 0.5) is 24.9 Å². The Kier molecular flexibility index (Phi) is 7.16. The van der Waals surface area contributed by atoms with Crippen molar-refractivity contribution in [2.45, 2.75) is 31.2 Å². The summed E-state index contributed by atoms with van der Waals surface area (Å²) in [6, 6.07) is 6.73. The number of hydrogen-bond donors (Lipinski definition) is 1. The first-order valence-electron chi connectivity index (χ1n) is 15.2. The van der Waals surface area contributed by atoms with Crippen LogP contribution in [0.1, 0.15) is 6.42 Å². The third-order valence-electron chi connectivity index (χ3n) is 8.87.